The van der Waals surface area contributed by atoms with Crippen molar-refractivity contribution in [2.24, 2.45) is 0 Å². The van der Waals surface area contributed by atoms with Crippen LogP contribution in [-0.4, -0.2) is 21.2 Å². The molecule has 0 saturated carbocycles. The second-order valence-corrected chi connectivity index (χ2v) is 31.7. The first-order valence-corrected chi connectivity index (χ1v) is 27.5. The number of aryl methyl sites for hydroxylation is 4. The monoisotopic (exact) mass is 740 g/mol. The van der Waals surface area contributed by atoms with Crippen molar-refractivity contribution in [1.29, 1.82) is 0 Å². The van der Waals surface area contributed by atoms with Gasteiger partial charge in [-0.25, -0.2) is 0 Å². The molecule has 41 heavy (non-hydrogen) atoms. The summed E-state index contributed by atoms with van der Waals surface area (Å²) in [6.45, 7) is 0. The van der Waals surface area contributed by atoms with Crippen LogP contribution in [0.4, 0.5) is 0 Å². The van der Waals surface area contributed by atoms with Crippen LogP contribution in [0.25, 0.3) is 0 Å². The molecule has 4 aromatic carbocycles. The Bertz CT molecular complexity index is 975. The molecule has 0 N–H and O–H groups in total. The quantitative estimate of drug-likeness (QED) is 0.0625. The van der Waals surface area contributed by atoms with Crippen molar-refractivity contribution in [3.05, 3.63) is 144 Å². The van der Waals surface area contributed by atoms with Crippen LogP contribution < -0.4 is 0 Å². The molecule has 0 heterocycles. The second kappa shape index (κ2) is 19.1. The van der Waals surface area contributed by atoms with Gasteiger partial charge in [0.15, 0.2) is 0 Å². The van der Waals surface area contributed by atoms with Crippen LogP contribution in [0, 0.1) is 0 Å². The third-order valence-corrected chi connectivity index (χ3v) is 31.1. The average molecular weight is 740 g/mol. The molecule has 0 saturated heterocycles. The van der Waals surface area contributed by atoms with Crippen LogP contribution in [0.3, 0.4) is 0 Å². The van der Waals surface area contributed by atoms with Gasteiger partial charge in [0.25, 0.3) is 0 Å². The molecule has 0 radical (unpaired) electrons. The molecule has 0 unspecified atom stereocenters. The molecule has 0 nitrogen and oxygen atoms in total. The first kappa shape index (κ1) is 31.7. The zero-order valence-electron chi connectivity index (χ0n) is 25.4. The van der Waals surface area contributed by atoms with Crippen LogP contribution in [-0.2, 0) is 25.7 Å². The summed E-state index contributed by atoms with van der Waals surface area (Å²) in [5, 5.41) is 0. The van der Waals surface area contributed by atoms with Gasteiger partial charge in [0.05, 0.1) is 0 Å². The number of rotatable bonds is 20. The van der Waals surface area contributed by atoms with E-state index >= 15 is 0 Å². The Hall–Kier alpha value is -2.20. The van der Waals surface area contributed by atoms with Gasteiger partial charge < -0.3 is 0 Å². The summed E-state index contributed by atoms with van der Waals surface area (Å²) in [5.74, 6) is 0. The Morgan fingerprint density at radius 2 is 0.488 bits per heavy atom. The van der Waals surface area contributed by atoms with Gasteiger partial charge in [0, 0.05) is 0 Å². The topological polar surface area (TPSA) is 0 Å². The molecule has 0 aliphatic rings. The van der Waals surface area contributed by atoms with Crippen molar-refractivity contribution in [2.45, 2.75) is 93.0 Å². The zero-order valence-corrected chi connectivity index (χ0v) is 29.2. The number of unbranched alkanes of at least 4 members (excludes halogenated alkanes) is 4. The third kappa shape index (κ3) is 12.7. The number of hydrogen-bond donors (Lipinski definition) is 0. The molecule has 0 bridgehead atoms. The normalized spacial score (nSPS) is 11.5. The molecule has 0 aromatic heterocycles. The molecular weight excluding hydrogens is 688 g/mol. The zero-order chi connectivity index (χ0) is 28.3. The van der Waals surface area contributed by atoms with E-state index in [1.54, 1.807) is 15.9 Å². The minimum absolute atomic E-state index is 1.25. The summed E-state index contributed by atoms with van der Waals surface area (Å²) in [6, 6.07) is 44.7. The van der Waals surface area contributed by atoms with Crippen LogP contribution >= 0.6 is 0 Å². The summed E-state index contributed by atoms with van der Waals surface area (Å²) in [7, 11) is 0. The summed E-state index contributed by atoms with van der Waals surface area (Å²) in [6.07, 6.45) is 16.3. The molecule has 0 amide bonds. The summed E-state index contributed by atoms with van der Waals surface area (Å²) in [4.78, 5) is 0. The molecule has 4 aromatic rings. The van der Waals surface area contributed by atoms with Crippen molar-refractivity contribution in [2.75, 3.05) is 0 Å². The van der Waals surface area contributed by atoms with E-state index in [-0.39, 0.29) is 0 Å². The van der Waals surface area contributed by atoms with Crippen molar-refractivity contribution in [3.63, 3.8) is 0 Å². The van der Waals surface area contributed by atoms with Gasteiger partial charge in [-0.1, -0.05) is 0 Å². The molecular formula is C40H52Pb. The van der Waals surface area contributed by atoms with Crippen molar-refractivity contribution in [3.8, 4) is 0 Å². The van der Waals surface area contributed by atoms with Gasteiger partial charge >= 0.3 is 258 Å². The number of hydrogen-bond acceptors (Lipinski definition) is 0. The van der Waals surface area contributed by atoms with E-state index in [0.29, 0.717) is 0 Å². The Labute approximate surface area is 256 Å². The van der Waals surface area contributed by atoms with Crippen LogP contribution in [0.2, 0.25) is 15.9 Å². The Morgan fingerprint density at radius 1 is 0.268 bits per heavy atom. The maximum atomic E-state index is 2.31. The standard InChI is InChI=1S/4C10H13.Pb/c4*1-2-3-7-10-8-5-4-6-9-10;/h4*4-6,8-9H,1-3,7H2;. The van der Waals surface area contributed by atoms with E-state index in [4.69, 9.17) is 0 Å². The average Bonchev–Trinajstić information content (AvgIpc) is 3.04. The minimum atomic E-state index is -2.45. The molecule has 0 atom stereocenters. The van der Waals surface area contributed by atoms with E-state index in [2.05, 4.69) is 121 Å². The third-order valence-electron chi connectivity index (χ3n) is 9.06. The van der Waals surface area contributed by atoms with E-state index < -0.39 is 21.2 Å². The maximum absolute atomic E-state index is 2.45. The van der Waals surface area contributed by atoms with Gasteiger partial charge in [-0.05, 0) is 0 Å². The second-order valence-electron chi connectivity index (χ2n) is 12.3. The first-order chi connectivity index (χ1) is 20.3. The van der Waals surface area contributed by atoms with Crippen molar-refractivity contribution in [1.82, 2.24) is 0 Å². The van der Waals surface area contributed by atoms with Crippen LogP contribution in [0.5, 0.6) is 0 Å². The fourth-order valence-electron chi connectivity index (χ4n) is 6.65. The Kier molecular flexibility index (Phi) is 14.8. The van der Waals surface area contributed by atoms with Gasteiger partial charge in [0.1, 0.15) is 0 Å². The predicted molar refractivity (Wildman–Crippen MR) is 183 cm³/mol. The fourth-order valence-corrected chi connectivity index (χ4v) is 28.0. The summed E-state index contributed by atoms with van der Waals surface area (Å²) in [5.41, 5.74) is 6.07. The first-order valence-electron chi connectivity index (χ1n) is 16.5. The van der Waals surface area contributed by atoms with Crippen LogP contribution in [0.15, 0.2) is 121 Å². The van der Waals surface area contributed by atoms with Gasteiger partial charge in [0.2, 0.25) is 0 Å². The van der Waals surface area contributed by atoms with E-state index in [0.717, 1.165) is 0 Å². The Balaban J connectivity index is 1.36. The molecule has 0 spiro atoms. The van der Waals surface area contributed by atoms with Crippen molar-refractivity contribution >= 4 is 21.2 Å². The SMILES string of the molecule is c1ccc(CCC[CH2][Pb]([CH2]CCCc2ccccc2)([CH2]CCCc2ccccc2)[CH2]CCCc2ccccc2)cc1. The van der Waals surface area contributed by atoms with Gasteiger partial charge in [-0.15, -0.1) is 0 Å². The summed E-state index contributed by atoms with van der Waals surface area (Å²) < 4.78 is 6.45. The molecule has 0 aliphatic heterocycles. The van der Waals surface area contributed by atoms with E-state index in [1.165, 1.54) is 99.3 Å². The molecule has 216 valence electrons. The molecule has 1 heteroatoms. The fraction of sp³-hybridized carbons (Fsp3) is 0.400. The van der Waals surface area contributed by atoms with Crippen molar-refractivity contribution < 1.29 is 0 Å². The van der Waals surface area contributed by atoms with Crippen LogP contribution in [0.1, 0.15) is 73.6 Å². The summed E-state index contributed by atoms with van der Waals surface area (Å²) >= 11 is -2.45. The Morgan fingerprint density at radius 3 is 0.707 bits per heavy atom. The van der Waals surface area contributed by atoms with E-state index in [1.807, 2.05) is 0 Å². The molecule has 4 rings (SSSR count). The van der Waals surface area contributed by atoms with Gasteiger partial charge in [-0.2, -0.15) is 0 Å². The van der Waals surface area contributed by atoms with E-state index in [9.17, 15) is 0 Å². The predicted octanol–water partition coefficient (Wildman–Crippen LogP) is 11.5. The number of benzene rings is 4. The molecule has 0 aliphatic carbocycles. The van der Waals surface area contributed by atoms with Gasteiger partial charge in [-0.3, -0.25) is 0 Å². The molecule has 0 fully saturated rings.